The lowest BCUT2D eigenvalue weighted by molar-refractivity contribution is -0.137. The molecule has 3 heterocycles. The molecule has 1 N–H and O–H groups in total. The number of rotatable bonds is 9. The van der Waals surface area contributed by atoms with Gasteiger partial charge in [0.15, 0.2) is 5.76 Å². The molecule has 1 aliphatic heterocycles. The van der Waals surface area contributed by atoms with Crippen LogP contribution in [0.3, 0.4) is 0 Å². The van der Waals surface area contributed by atoms with Gasteiger partial charge >= 0.3 is 0 Å². The molecular weight excluding hydrogens is 526 g/mol. The smallest absolute Gasteiger partial charge is 0.287 e. The monoisotopic (exact) mass is 563 g/mol. The average Bonchev–Trinajstić information content (AvgIpc) is 3.73. The standard InChI is InChI=1S/C35H37N3O4/c1-24-7-6-10-27(21-24)33-31-22-29(13-12-25(31)17-20-38(33)35(40)26-8-2-3-9-26)41-23-30-14-15-32(42-30)34(39)37-19-16-28-11-4-5-18-36-28/h4-7,10-15,18,21-22,26,33H,2-3,8-9,16-17,19-20,23H2,1H3,(H,37,39). The summed E-state index contributed by atoms with van der Waals surface area (Å²) in [6.45, 7) is 3.48. The summed E-state index contributed by atoms with van der Waals surface area (Å²) in [5, 5.41) is 2.88. The molecule has 1 atom stereocenters. The number of aryl methyl sites for hydroxylation is 1. The quantitative estimate of drug-likeness (QED) is 0.262. The molecule has 2 aliphatic rings. The van der Waals surface area contributed by atoms with E-state index < -0.39 is 0 Å². The number of ether oxygens (including phenoxy) is 1. The Morgan fingerprint density at radius 3 is 2.71 bits per heavy atom. The van der Waals surface area contributed by atoms with Crippen LogP contribution in [0.15, 0.2) is 83.4 Å². The van der Waals surface area contributed by atoms with E-state index >= 15 is 0 Å². The molecule has 2 aromatic heterocycles. The van der Waals surface area contributed by atoms with E-state index in [0.29, 0.717) is 24.5 Å². The van der Waals surface area contributed by atoms with E-state index in [1.54, 1.807) is 18.3 Å². The molecule has 1 unspecified atom stereocenters. The zero-order chi connectivity index (χ0) is 28.9. The summed E-state index contributed by atoms with van der Waals surface area (Å²) in [4.78, 5) is 32.7. The summed E-state index contributed by atoms with van der Waals surface area (Å²) in [6, 6.07) is 23.7. The molecule has 7 heteroatoms. The highest BCUT2D eigenvalue weighted by Gasteiger charge is 2.36. The largest absolute Gasteiger partial charge is 0.486 e. The second-order valence-electron chi connectivity index (χ2n) is 11.3. The van der Waals surface area contributed by atoms with Crippen LogP contribution in [0.4, 0.5) is 0 Å². The van der Waals surface area contributed by atoms with Crippen LogP contribution in [0.5, 0.6) is 5.75 Å². The third kappa shape index (κ3) is 6.25. The minimum absolute atomic E-state index is 0.124. The second-order valence-corrected chi connectivity index (χ2v) is 11.3. The molecular formula is C35H37N3O4. The Balaban J connectivity index is 1.15. The summed E-state index contributed by atoms with van der Waals surface area (Å²) in [7, 11) is 0. The van der Waals surface area contributed by atoms with Gasteiger partial charge in [0.05, 0.1) is 6.04 Å². The molecule has 0 radical (unpaired) electrons. The first kappa shape index (κ1) is 27.8. The number of hydrogen-bond donors (Lipinski definition) is 1. The van der Waals surface area contributed by atoms with Gasteiger partial charge in [-0.2, -0.15) is 0 Å². The first-order valence-electron chi connectivity index (χ1n) is 14.9. The van der Waals surface area contributed by atoms with Crippen molar-refractivity contribution < 1.29 is 18.7 Å². The van der Waals surface area contributed by atoms with Gasteiger partial charge in [0.1, 0.15) is 18.1 Å². The van der Waals surface area contributed by atoms with Crippen LogP contribution in [0.25, 0.3) is 0 Å². The summed E-state index contributed by atoms with van der Waals surface area (Å²) in [5.41, 5.74) is 5.58. The zero-order valence-electron chi connectivity index (χ0n) is 24.1. The Hall–Kier alpha value is -4.39. The number of aromatic nitrogens is 1. The van der Waals surface area contributed by atoms with Crippen LogP contribution in [-0.4, -0.2) is 34.8 Å². The first-order valence-corrected chi connectivity index (χ1v) is 14.9. The number of fused-ring (bicyclic) bond motifs is 1. The van der Waals surface area contributed by atoms with Gasteiger partial charge < -0.3 is 19.4 Å². The van der Waals surface area contributed by atoms with Gasteiger partial charge in [-0.1, -0.05) is 54.8 Å². The Kier molecular flexibility index (Phi) is 8.35. The number of carbonyl (C=O) groups is 2. The van der Waals surface area contributed by atoms with Crippen molar-refractivity contribution in [2.75, 3.05) is 13.1 Å². The molecule has 1 saturated carbocycles. The number of pyridine rings is 1. The predicted octanol–water partition coefficient (Wildman–Crippen LogP) is 6.20. The van der Waals surface area contributed by atoms with Crippen LogP contribution in [0, 0.1) is 12.8 Å². The van der Waals surface area contributed by atoms with Gasteiger partial charge in [-0.25, -0.2) is 0 Å². The fourth-order valence-corrected chi connectivity index (χ4v) is 6.20. The van der Waals surface area contributed by atoms with E-state index in [0.717, 1.165) is 55.5 Å². The van der Waals surface area contributed by atoms with Crippen molar-refractivity contribution in [3.05, 3.63) is 118 Å². The predicted molar refractivity (Wildman–Crippen MR) is 160 cm³/mol. The number of furan rings is 1. The topological polar surface area (TPSA) is 84.7 Å². The molecule has 42 heavy (non-hydrogen) atoms. The highest BCUT2D eigenvalue weighted by atomic mass is 16.5. The molecule has 216 valence electrons. The average molecular weight is 564 g/mol. The van der Waals surface area contributed by atoms with Crippen molar-refractivity contribution >= 4 is 11.8 Å². The fraction of sp³-hybridized carbons (Fsp3) is 0.343. The van der Waals surface area contributed by atoms with Crippen molar-refractivity contribution in [2.45, 2.75) is 58.1 Å². The van der Waals surface area contributed by atoms with Gasteiger partial charge in [-0.3, -0.25) is 14.6 Å². The Bertz CT molecular complexity index is 1540. The molecule has 1 aliphatic carbocycles. The van der Waals surface area contributed by atoms with Gasteiger partial charge in [0, 0.05) is 37.3 Å². The van der Waals surface area contributed by atoms with E-state index in [1.165, 1.54) is 11.1 Å². The van der Waals surface area contributed by atoms with E-state index in [4.69, 9.17) is 9.15 Å². The summed E-state index contributed by atoms with van der Waals surface area (Å²) < 4.78 is 11.9. The van der Waals surface area contributed by atoms with Gasteiger partial charge in [0.25, 0.3) is 5.91 Å². The maximum absolute atomic E-state index is 13.7. The molecule has 2 aromatic carbocycles. The molecule has 7 nitrogen and oxygen atoms in total. The molecule has 0 saturated heterocycles. The molecule has 1 fully saturated rings. The molecule has 0 spiro atoms. The van der Waals surface area contributed by atoms with Crippen LogP contribution in [0.2, 0.25) is 0 Å². The molecule has 0 bridgehead atoms. The molecule has 4 aromatic rings. The third-order valence-electron chi connectivity index (χ3n) is 8.35. The van der Waals surface area contributed by atoms with Crippen molar-refractivity contribution in [2.24, 2.45) is 5.92 Å². The van der Waals surface area contributed by atoms with Crippen molar-refractivity contribution in [3.8, 4) is 5.75 Å². The lowest BCUT2D eigenvalue weighted by atomic mass is 9.86. The van der Waals surface area contributed by atoms with Crippen molar-refractivity contribution in [1.82, 2.24) is 15.2 Å². The van der Waals surface area contributed by atoms with Crippen LogP contribution < -0.4 is 10.1 Å². The van der Waals surface area contributed by atoms with Gasteiger partial charge in [-0.15, -0.1) is 0 Å². The number of carbonyl (C=O) groups excluding carboxylic acids is 2. The van der Waals surface area contributed by atoms with Crippen LogP contribution in [-0.2, 0) is 24.2 Å². The Morgan fingerprint density at radius 1 is 1.02 bits per heavy atom. The highest BCUT2D eigenvalue weighted by molar-refractivity contribution is 5.91. The number of nitrogens with zero attached hydrogens (tertiary/aromatic N) is 2. The second kappa shape index (κ2) is 12.6. The number of benzene rings is 2. The SMILES string of the molecule is Cc1cccc(C2c3cc(OCc4ccc(C(=O)NCCc5ccccn5)o4)ccc3CCN2C(=O)C2CCCC2)c1. The van der Waals surface area contributed by atoms with E-state index in [-0.39, 0.29) is 36.1 Å². The lowest BCUT2D eigenvalue weighted by Crippen LogP contribution is -2.43. The van der Waals surface area contributed by atoms with Crippen LogP contribution in [0.1, 0.15) is 76.0 Å². The van der Waals surface area contributed by atoms with E-state index in [2.05, 4.69) is 58.5 Å². The van der Waals surface area contributed by atoms with Crippen molar-refractivity contribution in [3.63, 3.8) is 0 Å². The fourth-order valence-electron chi connectivity index (χ4n) is 6.20. The Labute approximate surface area is 246 Å². The Morgan fingerprint density at radius 2 is 1.90 bits per heavy atom. The zero-order valence-corrected chi connectivity index (χ0v) is 24.1. The van der Waals surface area contributed by atoms with Gasteiger partial charge in [-0.05, 0) is 79.3 Å². The maximum Gasteiger partial charge on any atom is 0.287 e. The number of nitrogens with one attached hydrogen (secondary N) is 1. The molecule has 6 rings (SSSR count). The normalized spacial score (nSPS) is 16.7. The summed E-state index contributed by atoms with van der Waals surface area (Å²) in [5.74, 6) is 1.66. The van der Waals surface area contributed by atoms with Crippen LogP contribution >= 0.6 is 0 Å². The van der Waals surface area contributed by atoms with Gasteiger partial charge in [0.2, 0.25) is 5.91 Å². The highest BCUT2D eigenvalue weighted by Crippen LogP contribution is 2.40. The number of hydrogen-bond acceptors (Lipinski definition) is 5. The van der Waals surface area contributed by atoms with E-state index in [9.17, 15) is 9.59 Å². The minimum Gasteiger partial charge on any atom is -0.486 e. The summed E-state index contributed by atoms with van der Waals surface area (Å²) in [6.07, 6.45) is 7.46. The van der Waals surface area contributed by atoms with Crippen molar-refractivity contribution in [1.29, 1.82) is 0 Å². The lowest BCUT2D eigenvalue weighted by Gasteiger charge is -2.39. The minimum atomic E-state index is -0.265. The van der Waals surface area contributed by atoms with E-state index in [1.807, 2.05) is 24.3 Å². The number of amides is 2. The third-order valence-corrected chi connectivity index (χ3v) is 8.35. The summed E-state index contributed by atoms with van der Waals surface area (Å²) >= 11 is 0. The molecule has 2 amide bonds. The first-order chi connectivity index (χ1) is 20.5. The maximum atomic E-state index is 13.7.